The van der Waals surface area contributed by atoms with E-state index in [1.54, 1.807) is 12.3 Å². The lowest BCUT2D eigenvalue weighted by molar-refractivity contribution is -0.117. The molecule has 1 aliphatic carbocycles. The van der Waals surface area contributed by atoms with Crippen LogP contribution in [-0.2, 0) is 11.3 Å². The number of benzene rings is 1. The van der Waals surface area contributed by atoms with Crippen molar-refractivity contribution in [2.75, 3.05) is 5.32 Å². The van der Waals surface area contributed by atoms with Crippen molar-refractivity contribution >= 4 is 38.2 Å². The highest BCUT2D eigenvalue weighted by Gasteiger charge is 2.44. The first-order valence-corrected chi connectivity index (χ1v) is 11.3. The maximum Gasteiger partial charge on any atom is 0.251 e. The number of carbonyl (C=O) groups excluding carboxylic acids is 2. The van der Waals surface area contributed by atoms with Crippen molar-refractivity contribution in [1.82, 2.24) is 15.3 Å². The van der Waals surface area contributed by atoms with Crippen LogP contribution >= 0.6 is 11.3 Å². The molecule has 0 radical (unpaired) electrons. The van der Waals surface area contributed by atoms with Gasteiger partial charge in [-0.15, -0.1) is 11.3 Å². The molecule has 0 aliphatic heterocycles. The maximum atomic E-state index is 12.8. The largest absolute Gasteiger partial charge is 0.346 e. The molecule has 4 aromatic rings. The number of fused-ring (bicyclic) bond motifs is 1. The Labute approximate surface area is 189 Å². The molecule has 2 atom stereocenters. The highest BCUT2D eigenvalue weighted by molar-refractivity contribution is 7.23. The third-order valence-corrected chi connectivity index (χ3v) is 6.74. The maximum absolute atomic E-state index is 12.8. The van der Waals surface area contributed by atoms with Gasteiger partial charge in [0.25, 0.3) is 5.91 Å². The van der Waals surface area contributed by atoms with E-state index in [2.05, 4.69) is 20.6 Å². The van der Waals surface area contributed by atoms with Crippen LogP contribution in [0.4, 0.5) is 5.00 Å². The Kier molecular flexibility index (Phi) is 5.41. The van der Waals surface area contributed by atoms with Crippen LogP contribution in [-0.4, -0.2) is 21.8 Å². The lowest BCUT2D eigenvalue weighted by atomic mass is 10.0. The molecule has 5 rings (SSSR count). The van der Waals surface area contributed by atoms with E-state index in [0.717, 1.165) is 38.3 Å². The van der Waals surface area contributed by atoms with E-state index in [1.807, 2.05) is 61.8 Å². The van der Waals surface area contributed by atoms with E-state index in [0.29, 0.717) is 12.1 Å². The molecule has 1 aromatic carbocycles. The highest BCUT2D eigenvalue weighted by atomic mass is 32.1. The van der Waals surface area contributed by atoms with Crippen molar-refractivity contribution in [3.8, 4) is 0 Å². The van der Waals surface area contributed by atoms with Crippen LogP contribution in [0.3, 0.4) is 0 Å². The molecule has 0 bridgehead atoms. The first-order chi connectivity index (χ1) is 15.6. The normalized spacial score (nSPS) is 17.2. The topological polar surface area (TPSA) is 84.0 Å². The number of amides is 2. The number of hydrogen-bond donors (Lipinski definition) is 2. The first kappa shape index (κ1) is 20.3. The van der Waals surface area contributed by atoms with Crippen LogP contribution < -0.4 is 10.6 Å². The Bertz CT molecular complexity index is 1300. The van der Waals surface area contributed by atoms with E-state index in [9.17, 15) is 9.59 Å². The minimum Gasteiger partial charge on any atom is -0.346 e. The number of hydrogen-bond acceptors (Lipinski definition) is 5. The molecule has 1 saturated carbocycles. The summed E-state index contributed by atoms with van der Waals surface area (Å²) in [6.45, 7) is 2.40. The zero-order valence-corrected chi connectivity index (χ0v) is 18.4. The standard InChI is InChI=1S/C25H22N4O2S/c1-15-12-26-14-22-19(15)11-23(32-22)29-25(31)21-10-20(21)16-5-4-6-17(9-16)24(30)28-13-18-7-2-3-8-27-18/h2-9,11-12,14,20-21H,10,13H2,1H3,(H,28,30)(H,29,31)/t20-,21+/m0/s1. The van der Waals surface area contributed by atoms with Crippen molar-refractivity contribution in [2.45, 2.75) is 25.8 Å². The van der Waals surface area contributed by atoms with Crippen molar-refractivity contribution in [1.29, 1.82) is 0 Å². The van der Waals surface area contributed by atoms with Crippen LogP contribution in [0.1, 0.15) is 39.5 Å². The number of rotatable bonds is 6. The zero-order chi connectivity index (χ0) is 22.1. The number of aromatic nitrogens is 2. The number of thiophene rings is 1. The van der Waals surface area contributed by atoms with Gasteiger partial charge in [-0.25, -0.2) is 0 Å². The summed E-state index contributed by atoms with van der Waals surface area (Å²) in [7, 11) is 0. The summed E-state index contributed by atoms with van der Waals surface area (Å²) in [5.41, 5.74) is 3.52. The van der Waals surface area contributed by atoms with Gasteiger partial charge in [-0.1, -0.05) is 18.2 Å². The lowest BCUT2D eigenvalue weighted by Gasteiger charge is -2.07. The summed E-state index contributed by atoms with van der Waals surface area (Å²) in [5, 5.41) is 7.93. The Morgan fingerprint density at radius 3 is 2.84 bits per heavy atom. The second-order valence-electron chi connectivity index (χ2n) is 8.05. The molecule has 1 aliphatic rings. The molecule has 2 N–H and O–H groups in total. The molecule has 0 unspecified atom stereocenters. The van der Waals surface area contributed by atoms with E-state index >= 15 is 0 Å². The molecule has 6 nitrogen and oxygen atoms in total. The van der Waals surface area contributed by atoms with Gasteiger partial charge >= 0.3 is 0 Å². The van der Waals surface area contributed by atoms with Crippen LogP contribution in [0.5, 0.6) is 0 Å². The second kappa shape index (κ2) is 8.51. The molecule has 3 heterocycles. The van der Waals surface area contributed by atoms with E-state index < -0.39 is 0 Å². The van der Waals surface area contributed by atoms with Gasteiger partial charge in [0.05, 0.1) is 21.9 Å². The molecule has 160 valence electrons. The lowest BCUT2D eigenvalue weighted by Crippen LogP contribution is -2.23. The number of anilines is 1. The van der Waals surface area contributed by atoms with Crippen LogP contribution in [0.15, 0.2) is 67.1 Å². The van der Waals surface area contributed by atoms with E-state index in [4.69, 9.17) is 0 Å². The molecular formula is C25H22N4O2S. The summed E-state index contributed by atoms with van der Waals surface area (Å²) in [5.74, 6) is -0.0619. The van der Waals surface area contributed by atoms with Crippen molar-refractivity contribution in [3.05, 3.63) is 89.5 Å². The van der Waals surface area contributed by atoms with E-state index in [-0.39, 0.29) is 23.7 Å². The van der Waals surface area contributed by atoms with Gasteiger partial charge in [-0.3, -0.25) is 19.6 Å². The predicted octanol–water partition coefficient (Wildman–Crippen LogP) is 4.67. The van der Waals surface area contributed by atoms with Gasteiger partial charge in [-0.05, 0) is 60.7 Å². The third-order valence-electron chi connectivity index (χ3n) is 5.75. The molecule has 0 saturated heterocycles. The Morgan fingerprint density at radius 2 is 2.03 bits per heavy atom. The molecule has 3 aromatic heterocycles. The predicted molar refractivity (Wildman–Crippen MR) is 126 cm³/mol. The SMILES string of the molecule is Cc1cncc2sc(NC(=O)[C@@H]3C[C@H]3c3cccc(C(=O)NCc4ccccn4)c3)cc12. The van der Waals surface area contributed by atoms with Crippen LogP contribution in [0.2, 0.25) is 0 Å². The summed E-state index contributed by atoms with van der Waals surface area (Å²) in [6, 6.07) is 15.2. The number of carbonyl (C=O) groups is 2. The number of aryl methyl sites for hydroxylation is 1. The third kappa shape index (κ3) is 4.24. The van der Waals surface area contributed by atoms with Gasteiger partial charge in [0.15, 0.2) is 0 Å². The molecule has 7 heteroatoms. The van der Waals surface area contributed by atoms with Gasteiger partial charge in [-0.2, -0.15) is 0 Å². The molecule has 0 spiro atoms. The van der Waals surface area contributed by atoms with Gasteiger partial charge in [0.1, 0.15) is 0 Å². The smallest absolute Gasteiger partial charge is 0.251 e. The molecule has 32 heavy (non-hydrogen) atoms. The number of nitrogens with one attached hydrogen (secondary N) is 2. The minimum absolute atomic E-state index is 0.0252. The van der Waals surface area contributed by atoms with Crippen molar-refractivity contribution in [3.63, 3.8) is 0 Å². The Balaban J connectivity index is 1.22. The summed E-state index contributed by atoms with van der Waals surface area (Å²) < 4.78 is 1.07. The fourth-order valence-corrected chi connectivity index (χ4v) is 4.92. The fourth-order valence-electron chi connectivity index (χ4n) is 3.91. The highest BCUT2D eigenvalue weighted by Crippen LogP contribution is 2.48. The Hall–Kier alpha value is -3.58. The molecule has 1 fully saturated rings. The molecule has 2 amide bonds. The van der Waals surface area contributed by atoms with Crippen molar-refractivity contribution < 1.29 is 9.59 Å². The quantitative estimate of drug-likeness (QED) is 0.454. The van der Waals surface area contributed by atoms with Crippen molar-refractivity contribution in [2.24, 2.45) is 5.92 Å². The van der Waals surface area contributed by atoms with Gasteiger partial charge < -0.3 is 10.6 Å². The monoisotopic (exact) mass is 442 g/mol. The zero-order valence-electron chi connectivity index (χ0n) is 17.5. The second-order valence-corrected chi connectivity index (χ2v) is 9.13. The Morgan fingerprint density at radius 1 is 1.12 bits per heavy atom. The minimum atomic E-state index is -0.145. The van der Waals surface area contributed by atoms with Crippen LogP contribution in [0, 0.1) is 12.8 Å². The summed E-state index contributed by atoms with van der Waals surface area (Å²) in [4.78, 5) is 33.8. The average molecular weight is 443 g/mol. The van der Waals surface area contributed by atoms with Gasteiger partial charge in [0, 0.05) is 35.5 Å². The first-order valence-electron chi connectivity index (χ1n) is 10.5. The summed E-state index contributed by atoms with van der Waals surface area (Å²) in [6.07, 6.45) is 6.15. The number of nitrogens with zero attached hydrogens (tertiary/aromatic N) is 2. The summed E-state index contributed by atoms with van der Waals surface area (Å²) >= 11 is 1.54. The fraction of sp³-hybridized carbons (Fsp3) is 0.200. The number of pyridine rings is 2. The average Bonchev–Trinajstić information content (AvgIpc) is 3.52. The van der Waals surface area contributed by atoms with Crippen LogP contribution in [0.25, 0.3) is 10.1 Å². The van der Waals surface area contributed by atoms with Gasteiger partial charge in [0.2, 0.25) is 5.91 Å². The molecular weight excluding hydrogens is 420 g/mol. The van der Waals surface area contributed by atoms with E-state index in [1.165, 1.54) is 11.3 Å².